The number of sulfonamides is 1. The minimum atomic E-state index is -3.86. The van der Waals surface area contributed by atoms with E-state index in [1.54, 1.807) is 23.1 Å². The van der Waals surface area contributed by atoms with E-state index in [0.717, 1.165) is 5.56 Å². The number of hydrogen-bond acceptors (Lipinski definition) is 4. The molecule has 3 rings (SSSR count). The van der Waals surface area contributed by atoms with Crippen LogP contribution in [0.2, 0.25) is 10.0 Å². The van der Waals surface area contributed by atoms with Crippen LogP contribution < -0.4 is 10.6 Å². The van der Waals surface area contributed by atoms with Gasteiger partial charge >= 0.3 is 6.03 Å². The van der Waals surface area contributed by atoms with Crippen LogP contribution in [0.4, 0.5) is 10.5 Å². The van der Waals surface area contributed by atoms with Gasteiger partial charge in [0.2, 0.25) is 15.9 Å². The molecule has 0 unspecified atom stereocenters. The van der Waals surface area contributed by atoms with Crippen LogP contribution in [0.15, 0.2) is 47.4 Å². The molecule has 1 fully saturated rings. The molecule has 0 aromatic heterocycles. The van der Waals surface area contributed by atoms with E-state index >= 15 is 0 Å². The maximum atomic E-state index is 12.9. The number of halogens is 2. The molecule has 11 heteroatoms. The summed E-state index contributed by atoms with van der Waals surface area (Å²) in [4.78, 5) is 25.0. The highest BCUT2D eigenvalue weighted by atomic mass is 35.5. The number of hydrogen-bond donors (Lipinski definition) is 2. The van der Waals surface area contributed by atoms with Gasteiger partial charge in [0.05, 0.1) is 10.0 Å². The molecule has 1 saturated heterocycles. The number of piperazine rings is 1. The number of carbonyl (C=O) groups excluding carboxylic acids is 2. The Morgan fingerprint density at radius 2 is 1.55 bits per heavy atom. The van der Waals surface area contributed by atoms with E-state index in [4.69, 9.17) is 23.2 Å². The lowest BCUT2D eigenvalue weighted by molar-refractivity contribution is -0.114. The van der Waals surface area contributed by atoms with Gasteiger partial charge in [-0.1, -0.05) is 41.4 Å². The third-order valence-corrected chi connectivity index (χ3v) is 7.62. The van der Waals surface area contributed by atoms with Crippen molar-refractivity contribution in [1.29, 1.82) is 0 Å². The van der Waals surface area contributed by atoms with Crippen LogP contribution in [-0.4, -0.2) is 55.7 Å². The van der Waals surface area contributed by atoms with Crippen molar-refractivity contribution in [2.75, 3.05) is 31.5 Å². The molecule has 2 aromatic rings. The molecule has 1 aliphatic heterocycles. The Bertz CT molecular complexity index is 1050. The summed E-state index contributed by atoms with van der Waals surface area (Å²) in [6, 6.07) is 11.4. The number of carbonyl (C=O) groups is 2. The van der Waals surface area contributed by atoms with Gasteiger partial charge in [0, 0.05) is 45.3 Å². The van der Waals surface area contributed by atoms with Crippen molar-refractivity contribution in [1.82, 2.24) is 14.5 Å². The lowest BCUT2D eigenvalue weighted by Gasteiger charge is -2.34. The first-order chi connectivity index (χ1) is 14.7. The Kier molecular flexibility index (Phi) is 7.42. The fraction of sp³-hybridized carbons (Fsp3) is 0.300. The average molecular weight is 485 g/mol. The summed E-state index contributed by atoms with van der Waals surface area (Å²) in [7, 11) is -3.86. The van der Waals surface area contributed by atoms with Crippen LogP contribution in [0.25, 0.3) is 0 Å². The number of amides is 3. The molecule has 1 heterocycles. The van der Waals surface area contributed by atoms with Gasteiger partial charge < -0.3 is 15.5 Å². The Balaban J connectivity index is 1.54. The summed E-state index contributed by atoms with van der Waals surface area (Å²) in [5.41, 5.74) is 1.55. The van der Waals surface area contributed by atoms with Crippen LogP contribution in [0.3, 0.4) is 0 Å². The molecule has 31 heavy (non-hydrogen) atoms. The maximum absolute atomic E-state index is 12.9. The molecule has 1 aliphatic rings. The third kappa shape index (κ3) is 5.68. The molecule has 0 spiro atoms. The number of nitrogens with zero attached hydrogens (tertiary/aromatic N) is 2. The van der Waals surface area contributed by atoms with Gasteiger partial charge in [0.1, 0.15) is 4.90 Å². The zero-order chi connectivity index (χ0) is 22.6. The second kappa shape index (κ2) is 9.86. The van der Waals surface area contributed by atoms with Gasteiger partial charge in [-0.05, 0) is 29.8 Å². The first-order valence-corrected chi connectivity index (χ1v) is 11.7. The van der Waals surface area contributed by atoms with Crippen molar-refractivity contribution >= 4 is 50.9 Å². The molecule has 0 atom stereocenters. The van der Waals surface area contributed by atoms with E-state index in [1.807, 2.05) is 12.1 Å². The van der Waals surface area contributed by atoms with Gasteiger partial charge in [0.15, 0.2) is 0 Å². The van der Waals surface area contributed by atoms with Gasteiger partial charge in [-0.2, -0.15) is 4.31 Å². The first kappa shape index (κ1) is 23.3. The Morgan fingerprint density at radius 1 is 0.968 bits per heavy atom. The molecule has 0 saturated carbocycles. The van der Waals surface area contributed by atoms with Gasteiger partial charge in [-0.3, -0.25) is 4.79 Å². The average Bonchev–Trinajstić information content (AvgIpc) is 2.72. The Labute approximate surface area is 191 Å². The van der Waals surface area contributed by atoms with E-state index in [-0.39, 0.29) is 53.1 Å². The van der Waals surface area contributed by atoms with E-state index in [1.165, 1.54) is 23.4 Å². The second-order valence-corrected chi connectivity index (χ2v) is 9.67. The summed E-state index contributed by atoms with van der Waals surface area (Å²) in [5, 5.41) is 5.63. The lowest BCUT2D eigenvalue weighted by Crippen LogP contribution is -2.53. The maximum Gasteiger partial charge on any atom is 0.317 e. The highest BCUT2D eigenvalue weighted by Gasteiger charge is 2.32. The molecule has 2 N–H and O–H groups in total. The van der Waals surface area contributed by atoms with Crippen LogP contribution in [0.5, 0.6) is 0 Å². The quantitative estimate of drug-likeness (QED) is 0.680. The van der Waals surface area contributed by atoms with Crippen molar-refractivity contribution in [3.63, 3.8) is 0 Å². The minimum Gasteiger partial charge on any atom is -0.334 e. The van der Waals surface area contributed by atoms with E-state index in [0.29, 0.717) is 12.2 Å². The minimum absolute atomic E-state index is 0.0668. The van der Waals surface area contributed by atoms with Gasteiger partial charge in [-0.15, -0.1) is 0 Å². The topological polar surface area (TPSA) is 98.8 Å². The van der Waals surface area contributed by atoms with E-state index in [9.17, 15) is 18.0 Å². The summed E-state index contributed by atoms with van der Waals surface area (Å²) >= 11 is 12.1. The predicted octanol–water partition coefficient (Wildman–Crippen LogP) is 3.17. The van der Waals surface area contributed by atoms with Crippen molar-refractivity contribution < 1.29 is 18.0 Å². The van der Waals surface area contributed by atoms with Crippen LogP contribution >= 0.6 is 23.2 Å². The number of anilines is 1. The lowest BCUT2D eigenvalue weighted by atomic mass is 10.2. The molecular weight excluding hydrogens is 463 g/mol. The molecule has 0 bridgehead atoms. The monoisotopic (exact) mass is 484 g/mol. The fourth-order valence-corrected chi connectivity index (χ4v) is 5.70. The zero-order valence-corrected chi connectivity index (χ0v) is 19.1. The highest BCUT2D eigenvalue weighted by molar-refractivity contribution is 7.89. The van der Waals surface area contributed by atoms with Crippen molar-refractivity contribution in [3.8, 4) is 0 Å². The smallest absolute Gasteiger partial charge is 0.317 e. The van der Waals surface area contributed by atoms with Crippen LogP contribution in [-0.2, 0) is 21.4 Å². The first-order valence-electron chi connectivity index (χ1n) is 9.52. The normalized spacial score (nSPS) is 14.9. The van der Waals surface area contributed by atoms with E-state index in [2.05, 4.69) is 10.6 Å². The summed E-state index contributed by atoms with van der Waals surface area (Å²) < 4.78 is 27.1. The number of urea groups is 1. The number of nitrogens with one attached hydrogen (secondary N) is 2. The standard InChI is InChI=1S/C20H22Cl2N4O4S/c1-14(27)24-16-7-5-15(6-8-16)13-23-20(28)25-9-11-26(12-10-25)31(29,30)19-17(21)3-2-4-18(19)22/h2-8H,9-13H2,1H3,(H,23,28)(H,24,27). The van der Waals surface area contributed by atoms with Crippen molar-refractivity contribution in [2.24, 2.45) is 0 Å². The van der Waals surface area contributed by atoms with Crippen molar-refractivity contribution in [3.05, 3.63) is 58.1 Å². The van der Waals surface area contributed by atoms with Crippen LogP contribution in [0, 0.1) is 0 Å². The summed E-state index contributed by atoms with van der Waals surface area (Å²) in [6.07, 6.45) is 0. The molecule has 166 valence electrons. The largest absolute Gasteiger partial charge is 0.334 e. The molecule has 0 radical (unpaired) electrons. The Morgan fingerprint density at radius 3 is 2.10 bits per heavy atom. The van der Waals surface area contributed by atoms with Crippen molar-refractivity contribution in [2.45, 2.75) is 18.4 Å². The fourth-order valence-electron chi connectivity index (χ4n) is 3.19. The molecule has 0 aliphatic carbocycles. The van der Waals surface area contributed by atoms with Gasteiger partial charge in [-0.25, -0.2) is 13.2 Å². The van der Waals surface area contributed by atoms with E-state index < -0.39 is 10.0 Å². The number of benzene rings is 2. The molecule has 2 aromatic carbocycles. The third-order valence-electron chi connectivity index (χ3n) is 4.76. The summed E-state index contributed by atoms with van der Waals surface area (Å²) in [6.45, 7) is 2.52. The highest BCUT2D eigenvalue weighted by Crippen LogP contribution is 2.31. The van der Waals surface area contributed by atoms with Crippen LogP contribution in [0.1, 0.15) is 12.5 Å². The Hall–Kier alpha value is -2.33. The molecule has 8 nitrogen and oxygen atoms in total. The SMILES string of the molecule is CC(=O)Nc1ccc(CNC(=O)N2CCN(S(=O)(=O)c3c(Cl)cccc3Cl)CC2)cc1. The molecular formula is C20H22Cl2N4O4S. The second-order valence-electron chi connectivity index (χ2n) is 6.98. The predicted molar refractivity (Wildman–Crippen MR) is 120 cm³/mol. The summed E-state index contributed by atoms with van der Waals surface area (Å²) in [5.74, 6) is -0.154. The molecule has 3 amide bonds. The van der Waals surface area contributed by atoms with Gasteiger partial charge in [0.25, 0.3) is 0 Å². The zero-order valence-electron chi connectivity index (χ0n) is 16.8. The number of rotatable bonds is 5.